The lowest BCUT2D eigenvalue weighted by Crippen LogP contribution is -2.27. The van der Waals surface area contributed by atoms with Crippen molar-refractivity contribution < 1.29 is 4.74 Å². The van der Waals surface area contributed by atoms with E-state index in [1.807, 2.05) is 11.7 Å². The molecule has 0 bridgehead atoms. The number of ether oxygens (including phenoxy) is 1. The SMILES string of the molecule is c1ncc(CNCC2CCOCC2)s1. The molecule has 0 aromatic carbocycles. The van der Waals surface area contributed by atoms with Crippen LogP contribution in [-0.4, -0.2) is 24.7 Å². The van der Waals surface area contributed by atoms with Crippen molar-refractivity contribution in [2.75, 3.05) is 19.8 Å². The second kappa shape index (κ2) is 5.44. The van der Waals surface area contributed by atoms with Crippen molar-refractivity contribution in [3.8, 4) is 0 Å². The van der Waals surface area contributed by atoms with Gasteiger partial charge in [-0.05, 0) is 25.3 Å². The summed E-state index contributed by atoms with van der Waals surface area (Å²) in [4.78, 5) is 5.36. The molecule has 1 saturated heterocycles. The van der Waals surface area contributed by atoms with Crippen molar-refractivity contribution in [2.45, 2.75) is 19.4 Å². The van der Waals surface area contributed by atoms with Crippen molar-refractivity contribution in [2.24, 2.45) is 5.92 Å². The molecule has 1 aromatic rings. The summed E-state index contributed by atoms with van der Waals surface area (Å²) >= 11 is 1.71. The van der Waals surface area contributed by atoms with Crippen LogP contribution in [0.25, 0.3) is 0 Å². The largest absolute Gasteiger partial charge is 0.381 e. The van der Waals surface area contributed by atoms with Crippen LogP contribution in [0.15, 0.2) is 11.7 Å². The Hall–Kier alpha value is -0.450. The molecule has 2 rings (SSSR count). The van der Waals surface area contributed by atoms with E-state index in [9.17, 15) is 0 Å². The summed E-state index contributed by atoms with van der Waals surface area (Å²) in [5.41, 5.74) is 1.88. The Bertz CT molecular complexity index is 245. The average Bonchev–Trinajstić information content (AvgIpc) is 2.72. The molecule has 0 atom stereocenters. The van der Waals surface area contributed by atoms with Gasteiger partial charge in [0.2, 0.25) is 0 Å². The predicted molar refractivity (Wildman–Crippen MR) is 57.4 cm³/mol. The summed E-state index contributed by atoms with van der Waals surface area (Å²) in [6, 6.07) is 0. The predicted octanol–water partition coefficient (Wildman–Crippen LogP) is 1.66. The van der Waals surface area contributed by atoms with E-state index < -0.39 is 0 Å². The zero-order chi connectivity index (χ0) is 9.64. The molecule has 4 heteroatoms. The number of thiazole rings is 1. The van der Waals surface area contributed by atoms with Crippen molar-refractivity contribution in [1.29, 1.82) is 0 Å². The average molecular weight is 212 g/mol. The molecule has 1 fully saturated rings. The van der Waals surface area contributed by atoms with Gasteiger partial charge < -0.3 is 10.1 Å². The van der Waals surface area contributed by atoms with Gasteiger partial charge in [-0.2, -0.15) is 0 Å². The number of hydrogen-bond acceptors (Lipinski definition) is 4. The Morgan fingerprint density at radius 1 is 1.50 bits per heavy atom. The fraction of sp³-hybridized carbons (Fsp3) is 0.700. The summed E-state index contributed by atoms with van der Waals surface area (Å²) in [5.74, 6) is 0.802. The quantitative estimate of drug-likeness (QED) is 0.824. The third-order valence-electron chi connectivity index (χ3n) is 2.56. The maximum atomic E-state index is 5.32. The lowest BCUT2D eigenvalue weighted by atomic mass is 10.0. The van der Waals surface area contributed by atoms with Crippen molar-refractivity contribution >= 4 is 11.3 Å². The second-order valence-electron chi connectivity index (χ2n) is 3.65. The molecule has 78 valence electrons. The Morgan fingerprint density at radius 2 is 2.36 bits per heavy atom. The Kier molecular flexibility index (Phi) is 3.91. The minimum atomic E-state index is 0.802. The van der Waals surface area contributed by atoms with E-state index in [0.717, 1.165) is 32.2 Å². The molecule has 3 nitrogen and oxygen atoms in total. The molecule has 0 radical (unpaired) electrons. The summed E-state index contributed by atoms with van der Waals surface area (Å²) in [7, 11) is 0. The third kappa shape index (κ3) is 3.04. The molecular formula is C10H16N2OS. The minimum absolute atomic E-state index is 0.802. The van der Waals surface area contributed by atoms with Crippen LogP contribution in [0.4, 0.5) is 0 Å². The van der Waals surface area contributed by atoms with E-state index in [2.05, 4.69) is 10.3 Å². The summed E-state index contributed by atoms with van der Waals surface area (Å²) < 4.78 is 5.32. The van der Waals surface area contributed by atoms with E-state index in [1.54, 1.807) is 11.3 Å². The van der Waals surface area contributed by atoms with E-state index in [4.69, 9.17) is 4.74 Å². The van der Waals surface area contributed by atoms with Gasteiger partial charge in [0.15, 0.2) is 0 Å². The first-order chi connectivity index (χ1) is 6.95. The third-order valence-corrected chi connectivity index (χ3v) is 3.34. The smallest absolute Gasteiger partial charge is 0.0794 e. The van der Waals surface area contributed by atoms with Gasteiger partial charge in [0.25, 0.3) is 0 Å². The van der Waals surface area contributed by atoms with E-state index in [1.165, 1.54) is 17.7 Å². The van der Waals surface area contributed by atoms with Crippen LogP contribution < -0.4 is 5.32 Å². The first kappa shape index (κ1) is 10.1. The maximum Gasteiger partial charge on any atom is 0.0794 e. The van der Waals surface area contributed by atoms with E-state index >= 15 is 0 Å². The molecule has 0 unspecified atom stereocenters. The summed E-state index contributed by atoms with van der Waals surface area (Å²) in [5, 5.41) is 3.47. The van der Waals surface area contributed by atoms with Crippen molar-refractivity contribution in [3.05, 3.63) is 16.6 Å². The van der Waals surface area contributed by atoms with E-state index in [-0.39, 0.29) is 0 Å². The van der Waals surface area contributed by atoms with Crippen LogP contribution in [0.5, 0.6) is 0 Å². The molecule has 1 aromatic heterocycles. The standard InChI is InChI=1S/C10H16N2OS/c1-3-13-4-2-9(1)5-11-6-10-7-12-8-14-10/h7-9,11H,1-6H2. The molecule has 1 aliphatic heterocycles. The highest BCUT2D eigenvalue weighted by Gasteiger charge is 2.12. The summed E-state index contributed by atoms with van der Waals surface area (Å²) in [6.45, 7) is 3.95. The van der Waals surface area contributed by atoms with Crippen LogP contribution >= 0.6 is 11.3 Å². The molecule has 1 N–H and O–H groups in total. The number of hydrogen-bond donors (Lipinski definition) is 1. The highest BCUT2D eigenvalue weighted by atomic mass is 32.1. The van der Waals surface area contributed by atoms with Gasteiger partial charge in [0.1, 0.15) is 0 Å². The second-order valence-corrected chi connectivity index (χ2v) is 4.63. The highest BCUT2D eigenvalue weighted by molar-refractivity contribution is 7.09. The fourth-order valence-electron chi connectivity index (χ4n) is 1.68. The lowest BCUT2D eigenvalue weighted by Gasteiger charge is -2.21. The number of nitrogens with zero attached hydrogens (tertiary/aromatic N) is 1. The monoisotopic (exact) mass is 212 g/mol. The van der Waals surface area contributed by atoms with Crippen LogP contribution in [0.3, 0.4) is 0 Å². The lowest BCUT2D eigenvalue weighted by molar-refractivity contribution is 0.0662. The topological polar surface area (TPSA) is 34.2 Å². The van der Waals surface area contributed by atoms with E-state index in [0.29, 0.717) is 0 Å². The molecule has 14 heavy (non-hydrogen) atoms. The number of aromatic nitrogens is 1. The zero-order valence-corrected chi connectivity index (χ0v) is 9.05. The van der Waals surface area contributed by atoms with Gasteiger partial charge in [-0.3, -0.25) is 4.98 Å². The fourth-order valence-corrected chi connectivity index (χ4v) is 2.24. The van der Waals surface area contributed by atoms with Crippen molar-refractivity contribution in [3.63, 3.8) is 0 Å². The normalized spacial score (nSPS) is 18.6. The Balaban J connectivity index is 1.62. The van der Waals surface area contributed by atoms with Gasteiger partial charge in [-0.1, -0.05) is 0 Å². The Morgan fingerprint density at radius 3 is 3.07 bits per heavy atom. The van der Waals surface area contributed by atoms with Gasteiger partial charge in [-0.15, -0.1) is 11.3 Å². The number of rotatable bonds is 4. The molecule has 0 spiro atoms. The minimum Gasteiger partial charge on any atom is -0.381 e. The first-order valence-corrected chi connectivity index (χ1v) is 5.99. The molecule has 0 aliphatic carbocycles. The summed E-state index contributed by atoms with van der Waals surface area (Å²) in [6.07, 6.45) is 4.34. The van der Waals surface area contributed by atoms with Gasteiger partial charge >= 0.3 is 0 Å². The maximum absolute atomic E-state index is 5.32. The zero-order valence-electron chi connectivity index (χ0n) is 8.24. The van der Waals surface area contributed by atoms with Crippen LogP contribution in [-0.2, 0) is 11.3 Å². The molecule has 0 saturated carbocycles. The number of nitrogens with one attached hydrogen (secondary N) is 1. The molecular weight excluding hydrogens is 196 g/mol. The molecule has 0 amide bonds. The first-order valence-electron chi connectivity index (χ1n) is 5.11. The highest BCUT2D eigenvalue weighted by Crippen LogP contribution is 2.13. The van der Waals surface area contributed by atoms with Gasteiger partial charge in [0, 0.05) is 30.8 Å². The van der Waals surface area contributed by atoms with Crippen LogP contribution in [0.1, 0.15) is 17.7 Å². The molecule has 1 aliphatic rings. The molecule has 2 heterocycles. The van der Waals surface area contributed by atoms with Gasteiger partial charge in [-0.25, -0.2) is 0 Å². The van der Waals surface area contributed by atoms with Crippen LogP contribution in [0, 0.1) is 5.92 Å². The Labute approximate surface area is 88.5 Å². The van der Waals surface area contributed by atoms with Crippen LogP contribution in [0.2, 0.25) is 0 Å². The van der Waals surface area contributed by atoms with Gasteiger partial charge in [0.05, 0.1) is 5.51 Å². The van der Waals surface area contributed by atoms with Crippen molar-refractivity contribution in [1.82, 2.24) is 10.3 Å².